The zero-order valence-corrected chi connectivity index (χ0v) is 23.7. The fraction of sp³-hybridized carbons (Fsp3) is 0.265. The number of nitrogens with zero attached hydrogens (tertiary/aromatic N) is 2. The molecule has 0 aromatic heterocycles. The molecule has 1 unspecified atom stereocenters. The molecule has 1 aliphatic heterocycles. The van der Waals surface area contributed by atoms with E-state index < -0.39 is 5.60 Å². The third-order valence-corrected chi connectivity index (χ3v) is 7.80. The molecule has 0 amide bonds. The van der Waals surface area contributed by atoms with Crippen LogP contribution in [0, 0.1) is 6.92 Å². The lowest BCUT2D eigenvalue weighted by Crippen LogP contribution is -2.39. The molecule has 4 aromatic rings. The van der Waals surface area contributed by atoms with Crippen LogP contribution >= 0.6 is 0 Å². The Morgan fingerprint density at radius 3 is 2.13 bits per heavy atom. The van der Waals surface area contributed by atoms with Gasteiger partial charge in [-0.1, -0.05) is 56.3 Å². The Labute approximate surface area is 231 Å². The van der Waals surface area contributed by atoms with Gasteiger partial charge in [0.05, 0.1) is 12.8 Å². The van der Waals surface area contributed by atoms with Crippen LogP contribution in [0.3, 0.4) is 0 Å². The predicted molar refractivity (Wildman–Crippen MR) is 162 cm³/mol. The monoisotopic (exact) mass is 519 g/mol. The first kappa shape index (κ1) is 26.4. The van der Waals surface area contributed by atoms with Gasteiger partial charge >= 0.3 is 0 Å². The number of methoxy groups -OCH3 is 1. The van der Waals surface area contributed by atoms with E-state index in [4.69, 9.17) is 20.2 Å². The second-order valence-corrected chi connectivity index (χ2v) is 10.2. The molecule has 0 aliphatic carbocycles. The molecule has 0 saturated heterocycles. The van der Waals surface area contributed by atoms with Crippen LogP contribution in [-0.2, 0) is 23.2 Å². The molecule has 4 aromatic carbocycles. The number of rotatable bonds is 7. The second-order valence-electron chi connectivity index (χ2n) is 10.2. The third kappa shape index (κ3) is 4.32. The molecule has 5 nitrogen and oxygen atoms in total. The predicted octanol–water partition coefficient (Wildman–Crippen LogP) is 7.18. The Kier molecular flexibility index (Phi) is 7.09. The van der Waals surface area contributed by atoms with Crippen molar-refractivity contribution >= 4 is 23.0 Å². The summed E-state index contributed by atoms with van der Waals surface area (Å²) in [4.78, 5) is 7.30. The number of hydrogen-bond donors (Lipinski definition) is 1. The first-order valence-electron chi connectivity index (χ1n) is 13.5. The Bertz CT molecular complexity index is 1520. The topological polar surface area (TPSA) is 60.1 Å². The number of aliphatic imine (C=N–C) groups is 1. The first-order valence-corrected chi connectivity index (χ1v) is 13.5. The van der Waals surface area contributed by atoms with Crippen molar-refractivity contribution in [2.45, 2.75) is 39.2 Å². The highest BCUT2D eigenvalue weighted by molar-refractivity contribution is 5.99. The Morgan fingerprint density at radius 2 is 1.51 bits per heavy atom. The summed E-state index contributed by atoms with van der Waals surface area (Å²) < 4.78 is 12.8. The number of hydrogen-bond acceptors (Lipinski definition) is 5. The molecule has 0 saturated carbocycles. The zero-order chi connectivity index (χ0) is 27.7. The lowest BCUT2D eigenvalue weighted by molar-refractivity contribution is 0.136. The lowest BCUT2D eigenvalue weighted by Gasteiger charge is -2.42. The van der Waals surface area contributed by atoms with E-state index in [9.17, 15) is 0 Å². The van der Waals surface area contributed by atoms with Crippen LogP contribution in [0.4, 0.5) is 17.1 Å². The maximum absolute atomic E-state index is 7.22. The van der Waals surface area contributed by atoms with Crippen molar-refractivity contribution in [3.8, 4) is 5.75 Å². The van der Waals surface area contributed by atoms with E-state index in [1.54, 1.807) is 7.11 Å². The molecular weight excluding hydrogens is 482 g/mol. The lowest BCUT2D eigenvalue weighted by atomic mass is 9.74. The Hall–Kier alpha value is -4.25. The van der Waals surface area contributed by atoms with Gasteiger partial charge in [0.1, 0.15) is 5.75 Å². The number of nitrogen functional groups attached to an aromatic ring is 1. The number of fused-ring (bicyclic) bond motifs is 1. The van der Waals surface area contributed by atoms with Gasteiger partial charge in [-0.3, -0.25) is 0 Å². The van der Waals surface area contributed by atoms with Crippen molar-refractivity contribution in [2.75, 3.05) is 31.8 Å². The molecule has 0 spiro atoms. The van der Waals surface area contributed by atoms with Gasteiger partial charge in [-0.2, -0.15) is 0 Å². The van der Waals surface area contributed by atoms with Gasteiger partial charge in [0, 0.05) is 47.7 Å². The van der Waals surface area contributed by atoms with Crippen molar-refractivity contribution in [1.82, 2.24) is 0 Å². The highest BCUT2D eigenvalue weighted by atomic mass is 16.5. The molecule has 1 heterocycles. The van der Waals surface area contributed by atoms with Crippen LogP contribution in [0.25, 0.3) is 0 Å². The maximum atomic E-state index is 7.22. The fourth-order valence-corrected chi connectivity index (χ4v) is 5.89. The molecule has 5 heteroatoms. The van der Waals surface area contributed by atoms with Gasteiger partial charge in [0.15, 0.2) is 5.60 Å². The van der Waals surface area contributed by atoms with Gasteiger partial charge in [-0.15, -0.1) is 0 Å². The normalized spacial score (nSPS) is 16.2. The Morgan fingerprint density at radius 1 is 0.846 bits per heavy atom. The van der Waals surface area contributed by atoms with Gasteiger partial charge in [-0.05, 0) is 72.9 Å². The summed E-state index contributed by atoms with van der Waals surface area (Å²) in [5, 5.41) is 0. The van der Waals surface area contributed by atoms with Gasteiger partial charge in [0.25, 0.3) is 0 Å². The summed E-state index contributed by atoms with van der Waals surface area (Å²) >= 11 is 0. The van der Waals surface area contributed by atoms with Crippen molar-refractivity contribution in [2.24, 2.45) is 4.99 Å². The summed E-state index contributed by atoms with van der Waals surface area (Å²) in [5.74, 6) is 1.39. The fourth-order valence-electron chi connectivity index (χ4n) is 5.89. The summed E-state index contributed by atoms with van der Waals surface area (Å²) in [5.41, 5.74) is 16.0. The molecule has 0 fully saturated rings. The van der Waals surface area contributed by atoms with Crippen molar-refractivity contribution in [1.29, 1.82) is 0 Å². The van der Waals surface area contributed by atoms with Gasteiger partial charge < -0.3 is 20.1 Å². The highest BCUT2D eigenvalue weighted by Crippen LogP contribution is 2.52. The molecule has 5 rings (SSSR count). The van der Waals surface area contributed by atoms with E-state index in [0.717, 1.165) is 63.5 Å². The quantitative estimate of drug-likeness (QED) is 0.263. The van der Waals surface area contributed by atoms with Crippen molar-refractivity contribution < 1.29 is 9.47 Å². The van der Waals surface area contributed by atoms with Gasteiger partial charge in [0.2, 0.25) is 5.90 Å². The highest BCUT2D eigenvalue weighted by Gasteiger charge is 2.46. The number of benzene rings is 4. The van der Waals surface area contributed by atoms with Crippen molar-refractivity contribution in [3.05, 3.63) is 118 Å². The largest absolute Gasteiger partial charge is 0.497 e. The molecule has 39 heavy (non-hydrogen) atoms. The van der Waals surface area contributed by atoms with E-state index in [2.05, 4.69) is 82.2 Å². The minimum Gasteiger partial charge on any atom is -0.497 e. The van der Waals surface area contributed by atoms with Crippen LogP contribution in [0.5, 0.6) is 5.75 Å². The first-order chi connectivity index (χ1) is 18.8. The minimum absolute atomic E-state index is 0.592. The van der Waals surface area contributed by atoms with E-state index in [0.29, 0.717) is 5.90 Å². The maximum Gasteiger partial charge on any atom is 0.222 e. The molecule has 2 N–H and O–H groups in total. The van der Waals surface area contributed by atoms with E-state index >= 15 is 0 Å². The van der Waals surface area contributed by atoms with Crippen LogP contribution in [0.1, 0.15) is 52.8 Å². The van der Waals surface area contributed by atoms with Crippen LogP contribution in [0.2, 0.25) is 0 Å². The number of ether oxygens (including phenoxy) is 2. The number of anilines is 2. The summed E-state index contributed by atoms with van der Waals surface area (Å²) in [6.07, 6.45) is 1.67. The Balaban J connectivity index is 1.94. The van der Waals surface area contributed by atoms with Crippen LogP contribution < -0.4 is 15.4 Å². The standard InChI is InChI=1S/C34H37N3O2/c1-7-26-27(8-2)30(35)20-18-28(26)34(24-14-16-25(38-6)17-15-24)29-19-21-31(37(4)5)22(3)32(29)36-33(39-34)23-12-10-9-11-13-23/h9-21H,7-8,35H2,1-6H3. The molecule has 0 radical (unpaired) electrons. The smallest absolute Gasteiger partial charge is 0.222 e. The molecular formula is C34H37N3O2. The van der Waals surface area contributed by atoms with Crippen LogP contribution in [0.15, 0.2) is 83.9 Å². The zero-order valence-electron chi connectivity index (χ0n) is 23.7. The second kappa shape index (κ2) is 10.5. The van der Waals surface area contributed by atoms with Crippen LogP contribution in [-0.4, -0.2) is 27.1 Å². The molecule has 1 atom stereocenters. The average molecular weight is 520 g/mol. The summed E-state index contributed by atoms with van der Waals surface area (Å²) in [7, 11) is 5.82. The van der Waals surface area contributed by atoms with Crippen molar-refractivity contribution in [3.63, 3.8) is 0 Å². The van der Waals surface area contributed by atoms with E-state index in [-0.39, 0.29) is 0 Å². The van der Waals surface area contributed by atoms with E-state index in [1.807, 2.05) is 36.4 Å². The average Bonchev–Trinajstić information content (AvgIpc) is 2.97. The van der Waals surface area contributed by atoms with Gasteiger partial charge in [-0.25, -0.2) is 4.99 Å². The molecule has 1 aliphatic rings. The molecule has 200 valence electrons. The van der Waals surface area contributed by atoms with E-state index in [1.165, 1.54) is 11.1 Å². The summed E-state index contributed by atoms with van der Waals surface area (Å²) in [6, 6.07) is 26.9. The number of nitrogens with two attached hydrogens (primary N) is 1. The minimum atomic E-state index is -0.951. The third-order valence-electron chi connectivity index (χ3n) is 7.80. The summed E-state index contributed by atoms with van der Waals surface area (Å²) in [6.45, 7) is 6.50. The SMILES string of the molecule is CCc1c(N)ccc(C2(c3ccc(OC)cc3)OC(c3ccccc3)=Nc3c2ccc(N(C)C)c3C)c1CC. The molecule has 0 bridgehead atoms.